The minimum atomic E-state index is -1.34. The molecule has 0 spiro atoms. The van der Waals surface area contributed by atoms with Crippen LogP contribution in [0.25, 0.3) is 0 Å². The van der Waals surface area contributed by atoms with E-state index in [0.717, 1.165) is 5.56 Å². The Kier molecular flexibility index (Phi) is 3.76. The van der Waals surface area contributed by atoms with Gasteiger partial charge >= 0.3 is 0 Å². The van der Waals surface area contributed by atoms with E-state index in [1.54, 1.807) is 13.0 Å². The molecule has 0 saturated heterocycles. The van der Waals surface area contributed by atoms with Gasteiger partial charge < -0.3 is 20.3 Å². The number of halogens is 1. The fourth-order valence-corrected chi connectivity index (χ4v) is 2.61. The van der Waals surface area contributed by atoms with Crippen LogP contribution in [0.15, 0.2) is 42.5 Å². The molecule has 116 valence electrons. The van der Waals surface area contributed by atoms with Crippen molar-refractivity contribution in [2.45, 2.75) is 18.6 Å². The summed E-state index contributed by atoms with van der Waals surface area (Å²) < 4.78 is 24.8. The second-order valence-corrected chi connectivity index (χ2v) is 5.54. The summed E-state index contributed by atoms with van der Waals surface area (Å²) in [6.07, 6.45) is -0.674. The topological polar surface area (TPSA) is 64.7 Å². The van der Waals surface area contributed by atoms with Gasteiger partial charge in [0.2, 0.25) is 0 Å². The molecule has 0 radical (unpaired) electrons. The molecule has 3 rings (SSSR count). The number of para-hydroxylation sites is 1. The Morgan fingerprint density at radius 1 is 1.36 bits per heavy atom. The third-order valence-electron chi connectivity index (χ3n) is 3.90. The SMILES string of the molecule is Cc1cc(F)ccc1O[C@@H]1c2ccccc2OC[C@]1(O)CN. The number of benzene rings is 2. The number of rotatable bonds is 3. The van der Waals surface area contributed by atoms with Crippen LogP contribution in [0.4, 0.5) is 4.39 Å². The predicted octanol–water partition coefficient (Wildman–Crippen LogP) is 2.34. The standard InChI is InChI=1S/C17H18FNO3/c1-11-8-12(18)6-7-14(11)22-16-13-4-2-3-5-15(13)21-10-17(16,20)9-19/h2-8,16,20H,9-10,19H2,1H3/t16-,17-/m1/s1. The van der Waals surface area contributed by atoms with Crippen LogP contribution in [0.3, 0.4) is 0 Å². The van der Waals surface area contributed by atoms with Crippen LogP contribution in [0, 0.1) is 12.7 Å². The largest absolute Gasteiger partial charge is 0.490 e. The van der Waals surface area contributed by atoms with Crippen molar-refractivity contribution in [3.8, 4) is 11.5 Å². The molecule has 4 nitrogen and oxygen atoms in total. The number of hydrogen-bond donors (Lipinski definition) is 2. The number of ether oxygens (including phenoxy) is 2. The van der Waals surface area contributed by atoms with E-state index in [0.29, 0.717) is 17.1 Å². The molecule has 3 N–H and O–H groups in total. The molecule has 2 aromatic rings. The first-order chi connectivity index (χ1) is 10.5. The Hall–Kier alpha value is -2.11. The van der Waals surface area contributed by atoms with Crippen LogP contribution in [0.2, 0.25) is 0 Å². The van der Waals surface area contributed by atoms with Gasteiger partial charge in [0.15, 0.2) is 11.7 Å². The predicted molar refractivity (Wildman–Crippen MR) is 80.4 cm³/mol. The van der Waals surface area contributed by atoms with Crippen LogP contribution in [0.5, 0.6) is 11.5 Å². The Labute approximate surface area is 128 Å². The molecule has 0 aliphatic carbocycles. The van der Waals surface area contributed by atoms with Gasteiger partial charge in [-0.25, -0.2) is 4.39 Å². The maximum absolute atomic E-state index is 13.2. The highest BCUT2D eigenvalue weighted by atomic mass is 19.1. The maximum atomic E-state index is 13.2. The van der Waals surface area contributed by atoms with E-state index in [-0.39, 0.29) is 19.0 Å². The summed E-state index contributed by atoms with van der Waals surface area (Å²) in [6, 6.07) is 11.6. The van der Waals surface area contributed by atoms with Gasteiger partial charge in [-0.05, 0) is 36.8 Å². The molecule has 2 atom stereocenters. The summed E-state index contributed by atoms with van der Waals surface area (Å²) in [4.78, 5) is 0. The van der Waals surface area contributed by atoms with E-state index in [4.69, 9.17) is 15.2 Å². The average molecular weight is 303 g/mol. The lowest BCUT2D eigenvalue weighted by Crippen LogP contribution is -2.52. The number of aryl methyl sites for hydroxylation is 1. The van der Waals surface area contributed by atoms with E-state index >= 15 is 0 Å². The molecule has 1 aliphatic heterocycles. The minimum absolute atomic E-state index is 0.00770. The second kappa shape index (κ2) is 5.59. The monoisotopic (exact) mass is 303 g/mol. The van der Waals surface area contributed by atoms with Crippen LogP contribution >= 0.6 is 0 Å². The number of nitrogens with two attached hydrogens (primary N) is 1. The van der Waals surface area contributed by atoms with Gasteiger partial charge in [0.25, 0.3) is 0 Å². The fraction of sp³-hybridized carbons (Fsp3) is 0.294. The first-order valence-corrected chi connectivity index (χ1v) is 7.10. The highest BCUT2D eigenvalue weighted by Gasteiger charge is 2.44. The van der Waals surface area contributed by atoms with E-state index < -0.39 is 11.7 Å². The average Bonchev–Trinajstić information content (AvgIpc) is 2.52. The van der Waals surface area contributed by atoms with Crippen molar-refractivity contribution in [3.05, 3.63) is 59.4 Å². The quantitative estimate of drug-likeness (QED) is 0.913. The van der Waals surface area contributed by atoms with Gasteiger partial charge in [0, 0.05) is 12.1 Å². The number of aliphatic hydroxyl groups is 1. The van der Waals surface area contributed by atoms with E-state index in [2.05, 4.69) is 0 Å². The van der Waals surface area contributed by atoms with E-state index in [1.807, 2.05) is 24.3 Å². The number of fused-ring (bicyclic) bond motifs is 1. The van der Waals surface area contributed by atoms with E-state index in [9.17, 15) is 9.50 Å². The first kappa shape index (κ1) is 14.8. The second-order valence-electron chi connectivity index (χ2n) is 5.54. The lowest BCUT2D eigenvalue weighted by molar-refractivity contribution is -0.0969. The van der Waals surface area contributed by atoms with Crippen molar-refractivity contribution in [1.82, 2.24) is 0 Å². The third kappa shape index (κ3) is 2.53. The molecule has 0 saturated carbocycles. The van der Waals surface area contributed by atoms with Gasteiger partial charge in [0.1, 0.15) is 23.9 Å². The smallest absolute Gasteiger partial charge is 0.160 e. The van der Waals surface area contributed by atoms with E-state index in [1.165, 1.54) is 12.1 Å². The summed E-state index contributed by atoms with van der Waals surface area (Å²) in [6.45, 7) is 1.79. The summed E-state index contributed by atoms with van der Waals surface area (Å²) in [5, 5.41) is 10.7. The Bertz CT molecular complexity index is 691. The lowest BCUT2D eigenvalue weighted by Gasteiger charge is -2.39. The highest BCUT2D eigenvalue weighted by Crippen LogP contribution is 2.40. The van der Waals surface area contributed by atoms with Crippen molar-refractivity contribution < 1.29 is 19.0 Å². The van der Waals surface area contributed by atoms with Crippen LogP contribution in [-0.2, 0) is 0 Å². The summed E-state index contributed by atoms with van der Waals surface area (Å²) in [5.74, 6) is 0.840. The molecule has 0 unspecified atom stereocenters. The van der Waals surface area contributed by atoms with Crippen molar-refractivity contribution >= 4 is 0 Å². The van der Waals surface area contributed by atoms with Gasteiger partial charge in [-0.2, -0.15) is 0 Å². The van der Waals surface area contributed by atoms with Crippen LogP contribution in [-0.4, -0.2) is 23.9 Å². The van der Waals surface area contributed by atoms with Crippen molar-refractivity contribution in [2.24, 2.45) is 5.73 Å². The zero-order valence-electron chi connectivity index (χ0n) is 12.3. The fourth-order valence-electron chi connectivity index (χ4n) is 2.61. The first-order valence-electron chi connectivity index (χ1n) is 7.10. The Morgan fingerprint density at radius 2 is 2.14 bits per heavy atom. The number of hydrogen-bond acceptors (Lipinski definition) is 4. The van der Waals surface area contributed by atoms with Crippen molar-refractivity contribution in [3.63, 3.8) is 0 Å². The third-order valence-corrected chi connectivity index (χ3v) is 3.90. The zero-order chi connectivity index (χ0) is 15.7. The van der Waals surface area contributed by atoms with Crippen LogP contribution in [0.1, 0.15) is 17.2 Å². The molecule has 5 heteroatoms. The normalized spacial score (nSPS) is 23.5. The summed E-state index contributed by atoms with van der Waals surface area (Å²) in [7, 11) is 0. The molecule has 0 fully saturated rings. The summed E-state index contributed by atoms with van der Waals surface area (Å²) in [5.41, 5.74) is 5.78. The molecule has 0 aromatic heterocycles. The molecule has 1 heterocycles. The summed E-state index contributed by atoms with van der Waals surface area (Å²) >= 11 is 0. The molecule has 22 heavy (non-hydrogen) atoms. The molecule has 2 aromatic carbocycles. The lowest BCUT2D eigenvalue weighted by atomic mass is 9.88. The zero-order valence-corrected chi connectivity index (χ0v) is 12.3. The molecule has 0 bridgehead atoms. The molecule has 1 aliphatic rings. The highest BCUT2D eigenvalue weighted by molar-refractivity contribution is 5.41. The van der Waals surface area contributed by atoms with Crippen LogP contribution < -0.4 is 15.2 Å². The minimum Gasteiger partial charge on any atom is -0.490 e. The van der Waals surface area contributed by atoms with Gasteiger partial charge in [-0.3, -0.25) is 0 Å². The van der Waals surface area contributed by atoms with Gasteiger partial charge in [0.05, 0.1) is 0 Å². The maximum Gasteiger partial charge on any atom is 0.160 e. The van der Waals surface area contributed by atoms with Crippen molar-refractivity contribution in [2.75, 3.05) is 13.2 Å². The Balaban J connectivity index is 2.01. The Morgan fingerprint density at radius 3 is 2.86 bits per heavy atom. The van der Waals surface area contributed by atoms with Gasteiger partial charge in [-0.15, -0.1) is 0 Å². The molecule has 0 amide bonds. The molecular formula is C17H18FNO3. The van der Waals surface area contributed by atoms with Crippen molar-refractivity contribution in [1.29, 1.82) is 0 Å². The van der Waals surface area contributed by atoms with Gasteiger partial charge in [-0.1, -0.05) is 18.2 Å². The molecular weight excluding hydrogens is 285 g/mol.